The molecule has 1 aromatic carbocycles. The Morgan fingerprint density at radius 3 is 2.66 bits per heavy atom. The van der Waals surface area contributed by atoms with Gasteiger partial charge in [0.15, 0.2) is 5.96 Å². The van der Waals surface area contributed by atoms with Crippen LogP contribution in [-0.4, -0.2) is 48.4 Å². The zero-order valence-electron chi connectivity index (χ0n) is 19.4. The first-order valence-electron chi connectivity index (χ1n) is 11.1. The molecule has 2 unspecified atom stereocenters. The van der Waals surface area contributed by atoms with E-state index in [0.29, 0.717) is 35.6 Å². The molecule has 2 heterocycles. The average Bonchev–Trinajstić information content (AvgIpc) is 3.21. The summed E-state index contributed by atoms with van der Waals surface area (Å²) in [5.41, 5.74) is 0.997. The largest absolute Gasteiger partial charge is 0.377 e. The second-order valence-corrected chi connectivity index (χ2v) is 9.41. The number of nitrogens with one attached hydrogen (secondary N) is 2. The van der Waals surface area contributed by atoms with Crippen molar-refractivity contribution in [3.8, 4) is 11.4 Å². The zero-order chi connectivity index (χ0) is 22.3. The van der Waals surface area contributed by atoms with Crippen molar-refractivity contribution in [2.75, 3.05) is 26.2 Å². The van der Waals surface area contributed by atoms with Gasteiger partial charge in [-0.3, -0.25) is 4.99 Å². The molecule has 178 valence electrons. The van der Waals surface area contributed by atoms with E-state index >= 15 is 0 Å². The lowest BCUT2D eigenvalue weighted by molar-refractivity contribution is -0.0823. The van der Waals surface area contributed by atoms with Crippen molar-refractivity contribution < 1.29 is 9.26 Å². The molecule has 32 heavy (non-hydrogen) atoms. The molecule has 2 atom stereocenters. The van der Waals surface area contributed by atoms with E-state index in [0.717, 1.165) is 44.1 Å². The van der Waals surface area contributed by atoms with Gasteiger partial charge in [-0.25, -0.2) is 0 Å². The van der Waals surface area contributed by atoms with Crippen molar-refractivity contribution in [3.63, 3.8) is 0 Å². The monoisotopic (exact) mass is 575 g/mol. The smallest absolute Gasteiger partial charge is 0.228 e. The minimum Gasteiger partial charge on any atom is -0.377 e. The molecule has 1 aliphatic heterocycles. The summed E-state index contributed by atoms with van der Waals surface area (Å²) in [7, 11) is 0. The number of halogens is 2. The molecule has 0 aliphatic carbocycles. The number of nitrogens with zero attached hydrogens (tertiary/aromatic N) is 3. The van der Waals surface area contributed by atoms with E-state index in [1.807, 2.05) is 24.3 Å². The van der Waals surface area contributed by atoms with Crippen LogP contribution in [0, 0.1) is 11.3 Å². The molecule has 0 spiro atoms. The Balaban J connectivity index is 0.00000363. The third kappa shape index (κ3) is 7.88. The number of benzene rings is 1. The Hall–Kier alpha value is -1.39. The lowest BCUT2D eigenvalue weighted by Crippen LogP contribution is -2.43. The summed E-state index contributed by atoms with van der Waals surface area (Å²) in [5.74, 6) is 2.39. The molecular weight excluding hydrogens is 541 g/mol. The maximum atomic E-state index is 6.09. The van der Waals surface area contributed by atoms with Crippen molar-refractivity contribution in [2.24, 2.45) is 16.3 Å². The van der Waals surface area contributed by atoms with Gasteiger partial charge in [-0.1, -0.05) is 37.5 Å². The lowest BCUT2D eigenvalue weighted by Gasteiger charge is -2.39. The molecule has 0 radical (unpaired) electrons. The van der Waals surface area contributed by atoms with Crippen LogP contribution in [0.4, 0.5) is 0 Å². The van der Waals surface area contributed by atoms with Gasteiger partial charge in [-0.15, -0.1) is 24.0 Å². The Bertz CT molecular complexity index is 851. The van der Waals surface area contributed by atoms with Crippen molar-refractivity contribution in [1.29, 1.82) is 0 Å². The summed E-state index contributed by atoms with van der Waals surface area (Å²) in [6.07, 6.45) is 3.10. The highest BCUT2D eigenvalue weighted by Gasteiger charge is 2.35. The Morgan fingerprint density at radius 1 is 1.22 bits per heavy atom. The topological polar surface area (TPSA) is 84.6 Å². The van der Waals surface area contributed by atoms with Gasteiger partial charge in [0.05, 0.1) is 6.10 Å². The number of ether oxygens (including phenoxy) is 1. The van der Waals surface area contributed by atoms with Crippen LogP contribution >= 0.6 is 35.6 Å². The Labute approximate surface area is 213 Å². The highest BCUT2D eigenvalue weighted by atomic mass is 127. The molecular formula is C23H35ClIN5O2. The minimum absolute atomic E-state index is 0. The Kier molecular flexibility index (Phi) is 10.7. The third-order valence-electron chi connectivity index (χ3n) is 5.33. The number of rotatable bonds is 7. The highest BCUT2D eigenvalue weighted by molar-refractivity contribution is 14.0. The summed E-state index contributed by atoms with van der Waals surface area (Å²) < 4.78 is 11.5. The van der Waals surface area contributed by atoms with Gasteiger partial charge in [-0.05, 0) is 49.4 Å². The van der Waals surface area contributed by atoms with Gasteiger partial charge >= 0.3 is 0 Å². The molecule has 1 fully saturated rings. The summed E-state index contributed by atoms with van der Waals surface area (Å²) in [6.45, 7) is 11.8. The van der Waals surface area contributed by atoms with Crippen LogP contribution in [-0.2, 0) is 11.2 Å². The number of aromatic nitrogens is 2. The number of aliphatic imine (C=N–C) groups is 1. The van der Waals surface area contributed by atoms with Crippen molar-refractivity contribution >= 4 is 41.5 Å². The molecule has 0 bridgehead atoms. The van der Waals surface area contributed by atoms with Crippen molar-refractivity contribution in [1.82, 2.24) is 20.8 Å². The maximum absolute atomic E-state index is 6.09. The summed E-state index contributed by atoms with van der Waals surface area (Å²) >= 11 is 5.94. The van der Waals surface area contributed by atoms with Crippen molar-refractivity contribution in [3.05, 3.63) is 35.2 Å². The molecule has 2 aromatic rings. The first kappa shape index (κ1) is 26.9. The highest BCUT2D eigenvalue weighted by Crippen LogP contribution is 2.34. The van der Waals surface area contributed by atoms with E-state index in [1.54, 1.807) is 0 Å². The first-order chi connectivity index (χ1) is 14.9. The lowest BCUT2D eigenvalue weighted by atomic mass is 9.78. The van der Waals surface area contributed by atoms with Crippen LogP contribution in [0.15, 0.2) is 33.8 Å². The second kappa shape index (κ2) is 12.7. The van der Waals surface area contributed by atoms with Crippen molar-refractivity contribution in [2.45, 2.75) is 53.1 Å². The molecule has 3 rings (SSSR count). The fourth-order valence-corrected chi connectivity index (χ4v) is 4.02. The fraction of sp³-hybridized carbons (Fsp3) is 0.609. The summed E-state index contributed by atoms with van der Waals surface area (Å²) in [5, 5.41) is 11.4. The number of hydrogen-bond donors (Lipinski definition) is 2. The number of guanidine groups is 1. The molecule has 9 heteroatoms. The van der Waals surface area contributed by atoms with E-state index < -0.39 is 0 Å². The van der Waals surface area contributed by atoms with Crippen LogP contribution in [0.3, 0.4) is 0 Å². The van der Waals surface area contributed by atoms with Gasteiger partial charge in [0.2, 0.25) is 11.7 Å². The fourth-order valence-electron chi connectivity index (χ4n) is 3.90. The third-order valence-corrected chi connectivity index (χ3v) is 5.58. The summed E-state index contributed by atoms with van der Waals surface area (Å²) in [6, 6.07) is 7.39. The maximum Gasteiger partial charge on any atom is 0.228 e. The average molecular weight is 576 g/mol. The molecule has 1 aliphatic rings. The van der Waals surface area contributed by atoms with Crippen LogP contribution in [0.25, 0.3) is 11.4 Å². The van der Waals surface area contributed by atoms with Crippen LogP contribution in [0.2, 0.25) is 5.02 Å². The molecule has 0 saturated carbocycles. The molecule has 1 aromatic heterocycles. The second-order valence-electron chi connectivity index (χ2n) is 8.97. The van der Waals surface area contributed by atoms with E-state index in [2.05, 4.69) is 48.5 Å². The quantitative estimate of drug-likeness (QED) is 0.276. The molecule has 7 nitrogen and oxygen atoms in total. The Morgan fingerprint density at radius 2 is 1.97 bits per heavy atom. The first-order valence-corrected chi connectivity index (χ1v) is 11.5. The van der Waals surface area contributed by atoms with E-state index in [9.17, 15) is 0 Å². The van der Waals surface area contributed by atoms with Crippen LogP contribution in [0.5, 0.6) is 0 Å². The normalized spacial score (nSPS) is 19.3. The summed E-state index contributed by atoms with van der Waals surface area (Å²) in [4.78, 5) is 9.30. The van der Waals surface area contributed by atoms with Gasteiger partial charge in [0.1, 0.15) is 0 Å². The van der Waals surface area contributed by atoms with E-state index in [-0.39, 0.29) is 35.5 Å². The minimum atomic E-state index is 0. The molecule has 1 saturated heterocycles. The van der Waals surface area contributed by atoms with E-state index in [1.165, 1.54) is 0 Å². The van der Waals surface area contributed by atoms with Gasteiger partial charge < -0.3 is 19.9 Å². The molecule has 2 N–H and O–H groups in total. The van der Waals surface area contributed by atoms with Gasteiger partial charge in [0, 0.05) is 49.2 Å². The van der Waals surface area contributed by atoms with Gasteiger partial charge in [-0.2, -0.15) is 4.98 Å². The van der Waals surface area contributed by atoms with Gasteiger partial charge in [0.25, 0.3) is 0 Å². The standard InChI is InChI=1S/C23H34ClN5O2.HI/c1-5-25-22(27-15-17-7-6-14-30-20(17)23(2,3)4)26-13-12-19-28-21(29-31-19)16-8-10-18(24)11-9-16;/h8-11,17,20H,5-7,12-15H2,1-4H3,(H2,25,26,27);1H. The predicted molar refractivity (Wildman–Crippen MR) is 140 cm³/mol. The molecule has 0 amide bonds. The SMILES string of the molecule is CCNC(=NCC1CCCOC1C(C)(C)C)NCCc1nc(-c2ccc(Cl)cc2)no1.I. The zero-order valence-corrected chi connectivity index (χ0v) is 22.4. The van der Waals surface area contributed by atoms with E-state index in [4.69, 9.17) is 25.9 Å². The van der Waals surface area contributed by atoms with Crippen LogP contribution in [0.1, 0.15) is 46.4 Å². The number of hydrogen-bond acceptors (Lipinski definition) is 5. The predicted octanol–water partition coefficient (Wildman–Crippen LogP) is 4.95. The van der Waals surface area contributed by atoms with Crippen LogP contribution < -0.4 is 10.6 Å².